The summed E-state index contributed by atoms with van der Waals surface area (Å²) in [7, 11) is -1.35. The van der Waals surface area contributed by atoms with E-state index in [1.165, 1.54) is 12.8 Å². The van der Waals surface area contributed by atoms with Crippen molar-refractivity contribution in [1.29, 1.82) is 0 Å². The minimum Gasteiger partial charge on any atom is -0.313 e. The van der Waals surface area contributed by atoms with E-state index in [4.69, 9.17) is 0 Å². The minimum atomic E-state index is -3.10. The topological polar surface area (TPSA) is 49.4 Å². The predicted molar refractivity (Wildman–Crippen MR) is 76.2 cm³/mol. The number of nitrogens with zero attached hydrogens (tertiary/aromatic N) is 1. The first-order valence-electron chi connectivity index (χ1n) is 7.12. The lowest BCUT2D eigenvalue weighted by Crippen LogP contribution is -2.41. The van der Waals surface area contributed by atoms with Gasteiger partial charge in [-0.2, -0.15) is 0 Å². The molecule has 0 unspecified atom stereocenters. The molecule has 0 aliphatic heterocycles. The van der Waals surface area contributed by atoms with Crippen LogP contribution in [0.15, 0.2) is 0 Å². The van der Waals surface area contributed by atoms with Crippen molar-refractivity contribution in [2.45, 2.75) is 64.5 Å². The molecule has 0 atom stereocenters. The van der Waals surface area contributed by atoms with Crippen LogP contribution in [0.25, 0.3) is 0 Å². The van der Waals surface area contributed by atoms with E-state index in [1.807, 2.05) is 13.8 Å². The van der Waals surface area contributed by atoms with Crippen LogP contribution in [0.3, 0.4) is 0 Å². The van der Waals surface area contributed by atoms with Crippen LogP contribution in [0.2, 0.25) is 0 Å². The lowest BCUT2D eigenvalue weighted by molar-refractivity contribution is 0.335. The summed E-state index contributed by atoms with van der Waals surface area (Å²) in [4.78, 5) is 0. The number of hydrogen-bond donors (Lipinski definition) is 1. The van der Waals surface area contributed by atoms with Crippen LogP contribution in [0, 0.1) is 0 Å². The van der Waals surface area contributed by atoms with E-state index >= 15 is 0 Å². The number of rotatable bonds is 6. The summed E-state index contributed by atoms with van der Waals surface area (Å²) < 4.78 is 26.0. The van der Waals surface area contributed by atoms with Gasteiger partial charge in [0.1, 0.15) is 0 Å². The van der Waals surface area contributed by atoms with Crippen molar-refractivity contribution < 1.29 is 8.42 Å². The first kappa shape index (κ1) is 15.9. The smallest absolute Gasteiger partial charge is 0.215 e. The zero-order chi connectivity index (χ0) is 13.6. The van der Waals surface area contributed by atoms with Gasteiger partial charge in [0.2, 0.25) is 10.0 Å². The van der Waals surface area contributed by atoms with Crippen LogP contribution in [0.5, 0.6) is 0 Å². The van der Waals surface area contributed by atoms with Crippen LogP contribution < -0.4 is 5.32 Å². The Kier molecular flexibility index (Phi) is 6.60. The molecule has 1 rings (SSSR count). The van der Waals surface area contributed by atoms with Crippen LogP contribution >= 0.6 is 0 Å². The molecule has 1 aliphatic rings. The Hall–Kier alpha value is -0.130. The van der Waals surface area contributed by atoms with Crippen molar-refractivity contribution in [1.82, 2.24) is 9.62 Å². The first-order valence-corrected chi connectivity index (χ1v) is 8.73. The molecule has 0 heterocycles. The van der Waals surface area contributed by atoms with Gasteiger partial charge in [0.05, 0.1) is 5.75 Å². The quantitative estimate of drug-likeness (QED) is 0.755. The summed E-state index contributed by atoms with van der Waals surface area (Å²) in [6.07, 6.45) is 6.86. The molecule has 1 saturated carbocycles. The molecule has 0 aromatic heterocycles. The second-order valence-electron chi connectivity index (χ2n) is 5.59. The number of sulfonamides is 1. The molecule has 1 fully saturated rings. The summed E-state index contributed by atoms with van der Waals surface area (Å²) in [5.41, 5.74) is 0. The molecule has 18 heavy (non-hydrogen) atoms. The van der Waals surface area contributed by atoms with Gasteiger partial charge in [-0.25, -0.2) is 12.7 Å². The van der Waals surface area contributed by atoms with E-state index in [0.29, 0.717) is 12.6 Å². The maximum Gasteiger partial charge on any atom is 0.215 e. The Labute approximate surface area is 112 Å². The van der Waals surface area contributed by atoms with Crippen molar-refractivity contribution in [3.05, 3.63) is 0 Å². The van der Waals surface area contributed by atoms with Crippen molar-refractivity contribution in [3.8, 4) is 0 Å². The molecule has 1 aliphatic carbocycles. The normalized spacial score (nSPS) is 19.4. The largest absolute Gasteiger partial charge is 0.313 e. The minimum absolute atomic E-state index is 0.207. The van der Waals surface area contributed by atoms with Crippen LogP contribution in [0.4, 0.5) is 0 Å². The third-order valence-corrected chi connectivity index (χ3v) is 5.59. The second kappa shape index (κ2) is 7.46. The average molecular weight is 276 g/mol. The maximum atomic E-state index is 12.2. The fourth-order valence-corrected chi connectivity index (χ4v) is 3.80. The molecular formula is C13H28N2O2S. The highest BCUT2D eigenvalue weighted by atomic mass is 32.2. The fourth-order valence-electron chi connectivity index (χ4n) is 2.47. The molecular weight excluding hydrogens is 248 g/mol. The zero-order valence-corrected chi connectivity index (χ0v) is 12.8. The van der Waals surface area contributed by atoms with Gasteiger partial charge in [-0.05, 0) is 12.8 Å². The molecule has 1 N–H and O–H groups in total. The van der Waals surface area contributed by atoms with E-state index < -0.39 is 10.0 Å². The zero-order valence-electron chi connectivity index (χ0n) is 12.0. The second-order valence-corrected chi connectivity index (χ2v) is 7.73. The molecule has 0 saturated heterocycles. The highest BCUT2D eigenvalue weighted by molar-refractivity contribution is 7.89. The van der Waals surface area contributed by atoms with Gasteiger partial charge in [0.25, 0.3) is 0 Å². The summed E-state index contributed by atoms with van der Waals surface area (Å²) >= 11 is 0. The van der Waals surface area contributed by atoms with Gasteiger partial charge in [0, 0.05) is 25.7 Å². The fraction of sp³-hybridized carbons (Fsp3) is 1.00. The Morgan fingerprint density at radius 2 is 1.72 bits per heavy atom. The summed E-state index contributed by atoms with van der Waals surface area (Å²) in [5, 5.41) is 3.17. The Bertz CT molecular complexity index is 320. The average Bonchev–Trinajstić information content (AvgIpc) is 2.55. The molecule has 5 heteroatoms. The van der Waals surface area contributed by atoms with Gasteiger partial charge < -0.3 is 5.32 Å². The maximum absolute atomic E-state index is 12.2. The van der Waals surface area contributed by atoms with Crippen LogP contribution in [0.1, 0.15) is 52.4 Å². The van der Waals surface area contributed by atoms with Crippen LogP contribution in [-0.4, -0.2) is 44.2 Å². The third-order valence-electron chi connectivity index (χ3n) is 3.69. The van der Waals surface area contributed by atoms with Gasteiger partial charge in [-0.1, -0.05) is 39.5 Å². The summed E-state index contributed by atoms with van der Waals surface area (Å²) in [6, 6.07) is 0.555. The summed E-state index contributed by atoms with van der Waals surface area (Å²) in [5.74, 6) is 0.207. The third kappa shape index (κ3) is 5.24. The Balaban J connectivity index is 2.49. The van der Waals surface area contributed by atoms with Crippen molar-refractivity contribution in [2.24, 2.45) is 0 Å². The van der Waals surface area contributed by atoms with Crippen molar-refractivity contribution in [2.75, 3.05) is 19.3 Å². The van der Waals surface area contributed by atoms with Crippen molar-refractivity contribution in [3.63, 3.8) is 0 Å². The molecule has 0 bridgehead atoms. The highest BCUT2D eigenvalue weighted by Gasteiger charge is 2.26. The number of nitrogens with one attached hydrogen (secondary N) is 1. The summed E-state index contributed by atoms with van der Waals surface area (Å²) in [6.45, 7) is 4.60. The van der Waals surface area contributed by atoms with E-state index in [0.717, 1.165) is 25.7 Å². The first-order chi connectivity index (χ1) is 8.43. The highest BCUT2D eigenvalue weighted by Crippen LogP contribution is 2.22. The SMILES string of the molecule is CC(C)NCCS(=O)(=O)N(C)C1CCCCCC1. The standard InChI is InChI=1S/C13H28N2O2S/c1-12(2)14-10-11-18(16,17)15(3)13-8-6-4-5-7-9-13/h12-14H,4-11H2,1-3H3. The molecule has 0 spiro atoms. The van der Waals surface area contributed by atoms with Gasteiger partial charge in [-0.15, -0.1) is 0 Å². The predicted octanol–water partition coefficient (Wildman–Crippen LogP) is 1.97. The lowest BCUT2D eigenvalue weighted by Gasteiger charge is -2.26. The molecule has 4 nitrogen and oxygen atoms in total. The molecule has 0 aromatic carbocycles. The Morgan fingerprint density at radius 1 is 1.17 bits per heavy atom. The molecule has 0 radical (unpaired) electrons. The van der Waals surface area contributed by atoms with Gasteiger partial charge >= 0.3 is 0 Å². The van der Waals surface area contributed by atoms with Gasteiger partial charge in [-0.3, -0.25) is 0 Å². The number of hydrogen-bond acceptors (Lipinski definition) is 3. The van der Waals surface area contributed by atoms with E-state index in [2.05, 4.69) is 5.32 Å². The van der Waals surface area contributed by atoms with E-state index in [9.17, 15) is 8.42 Å². The Morgan fingerprint density at radius 3 is 2.22 bits per heavy atom. The van der Waals surface area contributed by atoms with E-state index in [1.54, 1.807) is 11.4 Å². The van der Waals surface area contributed by atoms with Crippen molar-refractivity contribution >= 4 is 10.0 Å². The monoisotopic (exact) mass is 276 g/mol. The molecule has 0 aromatic rings. The molecule has 108 valence electrons. The molecule has 0 amide bonds. The van der Waals surface area contributed by atoms with Gasteiger partial charge in [0.15, 0.2) is 0 Å². The van der Waals surface area contributed by atoms with E-state index in [-0.39, 0.29) is 11.8 Å². The lowest BCUT2D eigenvalue weighted by atomic mass is 10.1. The van der Waals surface area contributed by atoms with Crippen LogP contribution in [-0.2, 0) is 10.0 Å².